The van der Waals surface area contributed by atoms with Crippen LogP contribution in [0.3, 0.4) is 0 Å². The fraction of sp³-hybridized carbons (Fsp3) is 0.333. The maximum absolute atomic E-state index is 12.0. The molecule has 7 nitrogen and oxygen atoms in total. The van der Waals surface area contributed by atoms with Crippen LogP contribution in [0.15, 0.2) is 48.5 Å². The van der Waals surface area contributed by atoms with Crippen LogP contribution in [0.25, 0.3) is 0 Å². The Morgan fingerprint density at radius 3 is 1.39 bits per heavy atom. The fourth-order valence-corrected chi connectivity index (χ4v) is 5.14. The van der Waals surface area contributed by atoms with E-state index in [1.54, 1.807) is 62.8 Å². The van der Waals surface area contributed by atoms with Gasteiger partial charge in [0, 0.05) is 4.57 Å². The van der Waals surface area contributed by atoms with Crippen LogP contribution < -0.4 is 9.47 Å². The van der Waals surface area contributed by atoms with Gasteiger partial charge in [-0.2, -0.15) is 0 Å². The molecule has 0 radical (unpaired) electrons. The quantitative estimate of drug-likeness (QED) is 0.462. The van der Waals surface area contributed by atoms with E-state index in [1.165, 1.54) is 0 Å². The van der Waals surface area contributed by atoms with Gasteiger partial charge in [0.25, 0.3) is 0 Å². The van der Waals surface area contributed by atoms with Crippen LogP contribution in [0.5, 0.6) is 11.5 Å². The molecule has 0 bridgehead atoms. The van der Waals surface area contributed by atoms with Crippen LogP contribution in [0, 0.1) is 0 Å². The van der Waals surface area contributed by atoms with E-state index in [0.717, 1.165) is 11.1 Å². The second-order valence-corrected chi connectivity index (χ2v) is 9.35. The van der Waals surface area contributed by atoms with E-state index in [2.05, 4.69) is 0 Å². The summed E-state index contributed by atoms with van der Waals surface area (Å²) in [5, 5.41) is 0. The van der Waals surface area contributed by atoms with E-state index >= 15 is 0 Å². The van der Waals surface area contributed by atoms with Crippen molar-refractivity contribution in [2.75, 3.05) is 26.1 Å². The summed E-state index contributed by atoms with van der Waals surface area (Å²) in [6.45, 7) is 0. The third-order valence-corrected chi connectivity index (χ3v) is 6.65. The van der Waals surface area contributed by atoms with Crippen LogP contribution in [-0.2, 0) is 46.7 Å². The highest BCUT2D eigenvalue weighted by Gasteiger charge is 2.23. The minimum absolute atomic E-state index is 0.230. The van der Waals surface area contributed by atoms with E-state index in [9.17, 15) is 13.0 Å². The molecule has 0 N–H and O–H groups in total. The maximum Gasteiger partial charge on any atom is 0.699 e. The van der Waals surface area contributed by atoms with E-state index < -0.39 is 29.9 Å². The van der Waals surface area contributed by atoms with Gasteiger partial charge in [-0.15, -0.1) is 9.05 Å². The number of methoxy groups -OCH3 is 2. The lowest BCUT2D eigenvalue weighted by atomic mass is 10.2. The van der Waals surface area contributed by atoms with Crippen LogP contribution in [0.2, 0.25) is 0 Å². The van der Waals surface area contributed by atoms with Gasteiger partial charge in [0.15, 0.2) is 11.9 Å². The van der Waals surface area contributed by atoms with E-state index in [4.69, 9.17) is 18.5 Å². The van der Waals surface area contributed by atoms with Crippen molar-refractivity contribution in [1.82, 2.24) is 0 Å². The summed E-state index contributed by atoms with van der Waals surface area (Å²) in [5.74, 6) is 1.49. The lowest BCUT2D eigenvalue weighted by Gasteiger charge is -2.02. The summed E-state index contributed by atoms with van der Waals surface area (Å²) in [5.41, 5.74) is 1.69. The van der Waals surface area contributed by atoms with Crippen molar-refractivity contribution >= 4 is 29.9 Å². The van der Waals surface area contributed by atoms with Crippen molar-refractivity contribution < 1.29 is 31.5 Å². The summed E-state index contributed by atoms with van der Waals surface area (Å²) in [6, 6.07) is 14.3. The predicted molar refractivity (Wildman–Crippen MR) is 109 cm³/mol. The van der Waals surface area contributed by atoms with Crippen molar-refractivity contribution in [3.05, 3.63) is 59.7 Å². The number of benzene rings is 2. The first-order valence-electron chi connectivity index (χ1n) is 8.19. The average molecular weight is 445 g/mol. The molecular weight excluding hydrogens is 423 g/mol. The summed E-state index contributed by atoms with van der Waals surface area (Å²) in [7, 11) is -2.07. The fourth-order valence-electron chi connectivity index (χ4n) is 2.14. The van der Waals surface area contributed by atoms with E-state index in [0.29, 0.717) is 11.5 Å². The van der Waals surface area contributed by atoms with Gasteiger partial charge in [-0.1, -0.05) is 24.3 Å². The Morgan fingerprint density at radius 1 is 0.714 bits per heavy atom. The maximum atomic E-state index is 12.0. The summed E-state index contributed by atoms with van der Waals surface area (Å²) < 4.78 is 55.8. The molecule has 0 heterocycles. The molecular formula is C18H22O7PS2+. The molecule has 0 fully saturated rings. The molecule has 0 spiro atoms. The molecule has 0 saturated carbocycles. The second kappa shape index (κ2) is 12.0. The number of hydrogen-bond acceptors (Lipinski definition) is 7. The SMILES string of the molecule is COc1ccc(C[S@](=O)CO[P+](=O)OC[S@@](=O)Cc2ccc(OC)cc2)cc1. The number of ether oxygens (including phenoxy) is 2. The Hall–Kier alpha value is -1.64. The molecule has 28 heavy (non-hydrogen) atoms. The number of rotatable bonds is 12. The molecule has 0 aromatic heterocycles. The van der Waals surface area contributed by atoms with Crippen molar-refractivity contribution in [3.63, 3.8) is 0 Å². The molecule has 0 unspecified atom stereocenters. The first kappa shape index (κ1) is 22.6. The lowest BCUT2D eigenvalue weighted by molar-refractivity contribution is 0.280. The van der Waals surface area contributed by atoms with Crippen LogP contribution in [-0.4, -0.2) is 34.5 Å². The van der Waals surface area contributed by atoms with Crippen molar-refractivity contribution in [2.24, 2.45) is 0 Å². The normalized spacial score (nSPS) is 12.9. The molecule has 2 aromatic carbocycles. The summed E-state index contributed by atoms with van der Waals surface area (Å²) >= 11 is 0. The highest BCUT2D eigenvalue weighted by molar-refractivity contribution is 7.84. The van der Waals surface area contributed by atoms with Crippen LogP contribution >= 0.6 is 8.25 Å². The molecule has 2 rings (SSSR count). The summed E-state index contributed by atoms with van der Waals surface area (Å²) in [4.78, 5) is 0. The first-order valence-corrected chi connectivity index (χ1v) is 12.3. The molecule has 0 saturated heterocycles. The lowest BCUT2D eigenvalue weighted by Crippen LogP contribution is -2.05. The van der Waals surface area contributed by atoms with E-state index in [1.807, 2.05) is 0 Å². The molecule has 0 aliphatic carbocycles. The van der Waals surface area contributed by atoms with Crippen LogP contribution in [0.4, 0.5) is 0 Å². The van der Waals surface area contributed by atoms with Gasteiger partial charge >= 0.3 is 8.25 Å². The smallest absolute Gasteiger partial charge is 0.497 e. The standard InChI is InChI=1S/C18H22O7PS2/c1-22-17-7-3-15(4-8-17)11-27(20)13-24-26(19)25-14-28(21)12-16-5-9-18(23-2)10-6-16/h3-10H,11-14H2,1-2H3/q+1/t27-,28-/m0/s1. The largest absolute Gasteiger partial charge is 0.699 e. The number of hydrogen-bond donors (Lipinski definition) is 0. The van der Waals surface area contributed by atoms with Gasteiger partial charge in [0.2, 0.25) is 0 Å². The van der Waals surface area contributed by atoms with Crippen molar-refractivity contribution in [3.8, 4) is 11.5 Å². The van der Waals surface area contributed by atoms with Gasteiger partial charge in [0.1, 0.15) is 11.5 Å². The molecule has 0 aliphatic rings. The Kier molecular flexibility index (Phi) is 9.73. The molecule has 0 amide bonds. The zero-order valence-electron chi connectivity index (χ0n) is 15.6. The molecule has 0 aliphatic heterocycles. The van der Waals surface area contributed by atoms with Gasteiger partial charge in [-0.25, -0.2) is 0 Å². The minimum atomic E-state index is -2.49. The zero-order chi connectivity index (χ0) is 20.4. The van der Waals surface area contributed by atoms with Gasteiger partial charge in [0.05, 0.1) is 47.3 Å². The molecule has 2 aromatic rings. The van der Waals surface area contributed by atoms with Gasteiger partial charge in [-0.05, 0) is 35.4 Å². The average Bonchev–Trinajstić information content (AvgIpc) is 2.72. The zero-order valence-corrected chi connectivity index (χ0v) is 18.1. The summed E-state index contributed by atoms with van der Waals surface area (Å²) in [6.07, 6.45) is 0. The highest BCUT2D eigenvalue weighted by Crippen LogP contribution is 2.25. The molecule has 10 heteroatoms. The van der Waals surface area contributed by atoms with E-state index in [-0.39, 0.29) is 23.4 Å². The Bertz CT molecular complexity index is 742. The monoisotopic (exact) mass is 445 g/mol. The van der Waals surface area contributed by atoms with Gasteiger partial charge in [-0.3, -0.25) is 8.42 Å². The Balaban J connectivity index is 1.66. The Morgan fingerprint density at radius 2 is 1.07 bits per heavy atom. The topological polar surface area (TPSA) is 88.1 Å². The third-order valence-electron chi connectivity index (χ3n) is 3.55. The van der Waals surface area contributed by atoms with Crippen molar-refractivity contribution in [1.29, 1.82) is 0 Å². The Labute approximate surface area is 170 Å². The minimum Gasteiger partial charge on any atom is -0.497 e. The predicted octanol–water partition coefficient (Wildman–Crippen LogP) is 3.51. The van der Waals surface area contributed by atoms with Crippen molar-refractivity contribution in [2.45, 2.75) is 11.5 Å². The van der Waals surface area contributed by atoms with Crippen LogP contribution in [0.1, 0.15) is 11.1 Å². The molecule has 152 valence electrons. The molecule has 2 atom stereocenters. The van der Waals surface area contributed by atoms with Gasteiger partial charge < -0.3 is 9.47 Å². The highest BCUT2D eigenvalue weighted by atomic mass is 32.2. The second-order valence-electron chi connectivity index (χ2n) is 5.58. The first-order chi connectivity index (χ1) is 13.5. The third kappa shape index (κ3) is 8.16.